The number of aromatic nitrogens is 1. The van der Waals surface area contributed by atoms with Crippen LogP contribution in [0.2, 0.25) is 0 Å². The fourth-order valence-corrected chi connectivity index (χ4v) is 4.23. The van der Waals surface area contributed by atoms with Crippen molar-refractivity contribution < 1.29 is 9.53 Å². The van der Waals surface area contributed by atoms with Crippen molar-refractivity contribution >= 4 is 5.91 Å². The zero-order chi connectivity index (χ0) is 17.1. The van der Waals surface area contributed by atoms with Gasteiger partial charge in [0, 0.05) is 31.8 Å². The Morgan fingerprint density at radius 1 is 1.32 bits per heavy atom. The van der Waals surface area contributed by atoms with Gasteiger partial charge >= 0.3 is 0 Å². The molecule has 1 aromatic heterocycles. The fourth-order valence-electron chi connectivity index (χ4n) is 4.23. The first-order chi connectivity index (χ1) is 12.3. The largest absolute Gasteiger partial charge is 0.381 e. The molecule has 5 heteroatoms. The second kappa shape index (κ2) is 7.83. The second-order valence-electron chi connectivity index (χ2n) is 7.91. The molecule has 136 valence electrons. The first kappa shape index (κ1) is 17.0. The van der Waals surface area contributed by atoms with Crippen molar-refractivity contribution in [2.45, 2.75) is 38.1 Å². The van der Waals surface area contributed by atoms with Crippen LogP contribution in [-0.2, 0) is 9.53 Å². The fraction of sp³-hybridized carbons (Fsp3) is 0.700. The van der Waals surface area contributed by atoms with E-state index < -0.39 is 0 Å². The highest BCUT2D eigenvalue weighted by molar-refractivity contribution is 5.81. The number of nitrogens with one attached hydrogen (secondary N) is 1. The minimum absolute atomic E-state index is 0.0388. The zero-order valence-electron chi connectivity index (χ0n) is 14.9. The van der Waals surface area contributed by atoms with Crippen molar-refractivity contribution in [3.8, 4) is 0 Å². The van der Waals surface area contributed by atoms with Gasteiger partial charge < -0.3 is 15.0 Å². The summed E-state index contributed by atoms with van der Waals surface area (Å²) in [6.07, 6.45) is 7.45. The van der Waals surface area contributed by atoms with Gasteiger partial charge in [0.25, 0.3) is 0 Å². The summed E-state index contributed by atoms with van der Waals surface area (Å²) in [7, 11) is 0. The summed E-state index contributed by atoms with van der Waals surface area (Å²) in [6, 6.07) is 6.06. The van der Waals surface area contributed by atoms with E-state index >= 15 is 0 Å². The predicted molar refractivity (Wildman–Crippen MR) is 95.9 cm³/mol. The summed E-state index contributed by atoms with van der Waals surface area (Å²) in [5.41, 5.74) is 1.01. The molecule has 1 N–H and O–H groups in total. The number of likely N-dealkylation sites (tertiary alicyclic amines) is 1. The van der Waals surface area contributed by atoms with Gasteiger partial charge in [0.15, 0.2) is 0 Å². The molecule has 3 atom stereocenters. The zero-order valence-corrected chi connectivity index (χ0v) is 14.9. The molecule has 1 aliphatic carbocycles. The molecule has 3 fully saturated rings. The Bertz CT molecular complexity index is 570. The molecule has 0 spiro atoms. The molecule has 1 aromatic rings. The Labute approximate surface area is 150 Å². The van der Waals surface area contributed by atoms with Crippen molar-refractivity contribution in [1.82, 2.24) is 15.2 Å². The van der Waals surface area contributed by atoms with E-state index in [9.17, 15) is 4.79 Å². The molecular weight excluding hydrogens is 314 g/mol. The summed E-state index contributed by atoms with van der Waals surface area (Å²) in [5.74, 6) is 1.57. The van der Waals surface area contributed by atoms with Crippen molar-refractivity contribution in [2.75, 3.05) is 32.8 Å². The van der Waals surface area contributed by atoms with Gasteiger partial charge in [-0.3, -0.25) is 9.78 Å². The molecule has 4 rings (SSSR count). The molecule has 1 saturated carbocycles. The van der Waals surface area contributed by atoms with Crippen LogP contribution in [0, 0.1) is 17.8 Å². The van der Waals surface area contributed by atoms with Crippen LogP contribution in [0.4, 0.5) is 0 Å². The van der Waals surface area contributed by atoms with Crippen molar-refractivity contribution in [3.63, 3.8) is 0 Å². The van der Waals surface area contributed by atoms with Gasteiger partial charge in [0.2, 0.25) is 5.91 Å². The highest BCUT2D eigenvalue weighted by atomic mass is 16.5. The Hall–Kier alpha value is -1.46. The monoisotopic (exact) mass is 343 g/mol. The third kappa shape index (κ3) is 4.39. The van der Waals surface area contributed by atoms with E-state index in [2.05, 4.69) is 21.3 Å². The van der Waals surface area contributed by atoms with Crippen molar-refractivity contribution in [3.05, 3.63) is 30.1 Å². The number of amides is 1. The van der Waals surface area contributed by atoms with Gasteiger partial charge in [0.05, 0.1) is 18.3 Å². The number of carbonyl (C=O) groups excluding carboxylic acids is 1. The number of rotatable bonds is 6. The van der Waals surface area contributed by atoms with Gasteiger partial charge in [-0.25, -0.2) is 0 Å². The average molecular weight is 343 g/mol. The number of carbonyl (C=O) groups is 1. The van der Waals surface area contributed by atoms with Crippen LogP contribution < -0.4 is 5.32 Å². The first-order valence-corrected chi connectivity index (χ1v) is 9.81. The third-order valence-corrected chi connectivity index (χ3v) is 5.81. The maximum atomic E-state index is 12.4. The van der Waals surface area contributed by atoms with Crippen molar-refractivity contribution in [2.24, 2.45) is 17.8 Å². The van der Waals surface area contributed by atoms with E-state index in [0.717, 1.165) is 51.3 Å². The van der Waals surface area contributed by atoms with Crippen LogP contribution in [0.3, 0.4) is 0 Å². The molecule has 2 aliphatic heterocycles. The van der Waals surface area contributed by atoms with Crippen LogP contribution in [0.1, 0.15) is 43.8 Å². The van der Waals surface area contributed by atoms with Gasteiger partial charge in [-0.15, -0.1) is 0 Å². The lowest BCUT2D eigenvalue weighted by Gasteiger charge is -2.38. The summed E-state index contributed by atoms with van der Waals surface area (Å²) in [5, 5.41) is 3.33. The smallest absolute Gasteiger partial charge is 0.223 e. The lowest BCUT2D eigenvalue weighted by molar-refractivity contribution is -0.123. The molecule has 0 unspecified atom stereocenters. The average Bonchev–Trinajstić information content (AvgIpc) is 3.38. The molecule has 25 heavy (non-hydrogen) atoms. The summed E-state index contributed by atoms with van der Waals surface area (Å²) in [4.78, 5) is 19.6. The van der Waals surface area contributed by atoms with Crippen LogP contribution in [0.25, 0.3) is 0 Å². The number of ether oxygens (including phenoxy) is 1. The summed E-state index contributed by atoms with van der Waals surface area (Å²) < 4.78 is 5.53. The molecule has 0 bridgehead atoms. The highest BCUT2D eigenvalue weighted by Crippen LogP contribution is 2.33. The molecule has 1 amide bonds. The minimum atomic E-state index is 0.0388. The molecular formula is C20H29N3O2. The Balaban J connectivity index is 1.44. The SMILES string of the molecule is O=C(N[C@@H](c1ccccn1)[C@@H]1CCCN(C[C@@H]2CCOC2)C1)C1CC1. The van der Waals surface area contributed by atoms with Gasteiger partial charge in [-0.2, -0.15) is 0 Å². The standard InChI is InChI=1S/C20H29N3O2/c24-20(16-6-7-16)22-19(18-5-1-2-9-21-18)17-4-3-10-23(13-17)12-15-8-11-25-14-15/h1-2,5,9,15-17,19H,3-4,6-8,10-14H2,(H,22,24)/t15-,17+,19+/m0/s1. The number of hydrogen-bond donors (Lipinski definition) is 1. The maximum absolute atomic E-state index is 12.4. The molecule has 0 aromatic carbocycles. The van der Waals surface area contributed by atoms with E-state index in [1.807, 2.05) is 18.3 Å². The van der Waals surface area contributed by atoms with Crippen LogP contribution in [0.15, 0.2) is 24.4 Å². The molecule has 0 radical (unpaired) electrons. The maximum Gasteiger partial charge on any atom is 0.223 e. The van der Waals surface area contributed by atoms with E-state index in [1.165, 1.54) is 19.4 Å². The molecule has 2 saturated heterocycles. The number of nitrogens with zero attached hydrogens (tertiary/aromatic N) is 2. The number of pyridine rings is 1. The van der Waals surface area contributed by atoms with E-state index in [-0.39, 0.29) is 17.9 Å². The van der Waals surface area contributed by atoms with Crippen LogP contribution in [-0.4, -0.2) is 48.6 Å². The quantitative estimate of drug-likeness (QED) is 0.862. The Kier molecular flexibility index (Phi) is 5.32. The minimum Gasteiger partial charge on any atom is -0.381 e. The predicted octanol–water partition coefficient (Wildman–Crippen LogP) is 2.40. The number of piperidine rings is 1. The second-order valence-corrected chi connectivity index (χ2v) is 7.91. The van der Waals surface area contributed by atoms with Gasteiger partial charge in [0.1, 0.15) is 0 Å². The van der Waals surface area contributed by atoms with E-state index in [0.29, 0.717) is 11.8 Å². The molecule has 3 aliphatic rings. The van der Waals surface area contributed by atoms with Gasteiger partial charge in [-0.05, 0) is 62.6 Å². The van der Waals surface area contributed by atoms with Gasteiger partial charge in [-0.1, -0.05) is 6.07 Å². The van der Waals surface area contributed by atoms with Crippen LogP contribution >= 0.6 is 0 Å². The Morgan fingerprint density at radius 3 is 2.96 bits per heavy atom. The molecule has 5 nitrogen and oxygen atoms in total. The highest BCUT2D eigenvalue weighted by Gasteiger charge is 2.35. The number of hydrogen-bond acceptors (Lipinski definition) is 4. The van der Waals surface area contributed by atoms with E-state index in [1.54, 1.807) is 0 Å². The normalized spacial score (nSPS) is 28.6. The van der Waals surface area contributed by atoms with E-state index in [4.69, 9.17) is 4.74 Å². The summed E-state index contributed by atoms with van der Waals surface area (Å²) >= 11 is 0. The third-order valence-electron chi connectivity index (χ3n) is 5.81. The molecule has 3 heterocycles. The first-order valence-electron chi connectivity index (χ1n) is 9.81. The lowest BCUT2D eigenvalue weighted by Crippen LogP contribution is -2.45. The van der Waals surface area contributed by atoms with Crippen LogP contribution in [0.5, 0.6) is 0 Å². The Morgan fingerprint density at radius 2 is 2.24 bits per heavy atom. The lowest BCUT2D eigenvalue weighted by atomic mass is 9.87. The topological polar surface area (TPSA) is 54.5 Å². The summed E-state index contributed by atoms with van der Waals surface area (Å²) in [6.45, 7) is 5.16. The van der Waals surface area contributed by atoms with Crippen molar-refractivity contribution in [1.29, 1.82) is 0 Å².